The Bertz CT molecular complexity index is 870. The SMILES string of the molecule is C=CCN(Cc1cccn1Cc1ccccc1C)CC(O)COCc1ccco1. The number of ether oxygens (including phenoxy) is 1. The Morgan fingerprint density at radius 2 is 2.07 bits per heavy atom. The Labute approximate surface area is 172 Å². The standard InChI is InChI=1S/C24H30N2O3/c1-3-12-25(17-23(27)18-28-19-24-11-7-14-29-24)16-22-10-6-13-26(22)15-21-9-5-4-8-20(21)2/h3-11,13-14,23,27H,1,12,15-19H2,2H3. The van der Waals surface area contributed by atoms with E-state index in [0.29, 0.717) is 19.7 Å². The molecule has 0 spiro atoms. The van der Waals surface area contributed by atoms with E-state index in [0.717, 1.165) is 18.8 Å². The van der Waals surface area contributed by atoms with E-state index in [1.165, 1.54) is 16.8 Å². The van der Waals surface area contributed by atoms with E-state index >= 15 is 0 Å². The van der Waals surface area contributed by atoms with E-state index < -0.39 is 6.10 Å². The summed E-state index contributed by atoms with van der Waals surface area (Å²) in [4.78, 5) is 2.18. The van der Waals surface area contributed by atoms with Crippen molar-refractivity contribution >= 4 is 0 Å². The highest BCUT2D eigenvalue weighted by molar-refractivity contribution is 5.26. The molecule has 3 rings (SSSR count). The molecule has 0 saturated carbocycles. The van der Waals surface area contributed by atoms with Gasteiger partial charge in [-0.1, -0.05) is 30.3 Å². The minimum absolute atomic E-state index is 0.262. The number of aromatic nitrogens is 1. The molecule has 0 saturated heterocycles. The van der Waals surface area contributed by atoms with Crippen LogP contribution in [0.4, 0.5) is 0 Å². The van der Waals surface area contributed by atoms with Gasteiger partial charge in [0.2, 0.25) is 0 Å². The maximum atomic E-state index is 10.4. The number of hydrogen-bond donors (Lipinski definition) is 1. The van der Waals surface area contributed by atoms with Crippen LogP contribution in [-0.2, 0) is 24.4 Å². The molecule has 154 valence electrons. The molecule has 0 aliphatic heterocycles. The lowest BCUT2D eigenvalue weighted by atomic mass is 10.1. The molecule has 1 unspecified atom stereocenters. The fourth-order valence-corrected chi connectivity index (χ4v) is 3.37. The predicted molar refractivity (Wildman–Crippen MR) is 115 cm³/mol. The van der Waals surface area contributed by atoms with Gasteiger partial charge in [-0.25, -0.2) is 0 Å². The second-order valence-corrected chi connectivity index (χ2v) is 7.28. The Morgan fingerprint density at radius 3 is 2.83 bits per heavy atom. The maximum absolute atomic E-state index is 10.4. The molecule has 1 atom stereocenters. The summed E-state index contributed by atoms with van der Waals surface area (Å²) in [5, 5.41) is 10.4. The topological polar surface area (TPSA) is 50.8 Å². The molecular weight excluding hydrogens is 364 g/mol. The molecule has 5 nitrogen and oxygen atoms in total. The lowest BCUT2D eigenvalue weighted by Crippen LogP contribution is -2.35. The predicted octanol–water partition coefficient (Wildman–Crippen LogP) is 4.00. The molecule has 3 aromatic rings. The van der Waals surface area contributed by atoms with Crippen molar-refractivity contribution in [2.24, 2.45) is 0 Å². The number of hydrogen-bond acceptors (Lipinski definition) is 4. The van der Waals surface area contributed by atoms with Crippen LogP contribution in [0, 0.1) is 6.92 Å². The van der Waals surface area contributed by atoms with Crippen molar-refractivity contribution in [1.82, 2.24) is 9.47 Å². The third kappa shape index (κ3) is 6.46. The van der Waals surface area contributed by atoms with E-state index in [1.54, 1.807) is 6.26 Å². The minimum Gasteiger partial charge on any atom is -0.467 e. The number of nitrogens with zero attached hydrogens (tertiary/aromatic N) is 2. The molecule has 1 aromatic carbocycles. The van der Waals surface area contributed by atoms with E-state index in [-0.39, 0.29) is 6.61 Å². The molecule has 0 amide bonds. The van der Waals surface area contributed by atoms with Gasteiger partial charge in [-0.2, -0.15) is 0 Å². The van der Waals surface area contributed by atoms with Crippen molar-refractivity contribution in [1.29, 1.82) is 0 Å². The van der Waals surface area contributed by atoms with E-state index in [9.17, 15) is 5.11 Å². The smallest absolute Gasteiger partial charge is 0.129 e. The summed E-state index contributed by atoms with van der Waals surface area (Å²) in [5.74, 6) is 0.759. The molecule has 0 radical (unpaired) electrons. The van der Waals surface area contributed by atoms with Gasteiger partial charge in [0.1, 0.15) is 12.4 Å². The van der Waals surface area contributed by atoms with Gasteiger partial charge in [0.15, 0.2) is 0 Å². The lowest BCUT2D eigenvalue weighted by Gasteiger charge is -2.24. The fraction of sp³-hybridized carbons (Fsp3) is 0.333. The third-order valence-electron chi connectivity index (χ3n) is 4.90. The van der Waals surface area contributed by atoms with Crippen LogP contribution in [0.15, 0.2) is 78.1 Å². The fourth-order valence-electron chi connectivity index (χ4n) is 3.37. The van der Waals surface area contributed by atoms with Crippen LogP contribution in [-0.4, -0.2) is 40.4 Å². The first-order chi connectivity index (χ1) is 14.2. The van der Waals surface area contributed by atoms with Crippen LogP contribution in [0.2, 0.25) is 0 Å². The molecular formula is C24H30N2O3. The van der Waals surface area contributed by atoms with Crippen molar-refractivity contribution < 1.29 is 14.3 Å². The normalized spacial score (nSPS) is 12.4. The quantitative estimate of drug-likeness (QED) is 0.472. The average molecular weight is 395 g/mol. The molecule has 0 aliphatic carbocycles. The summed E-state index contributed by atoms with van der Waals surface area (Å²) < 4.78 is 13.1. The highest BCUT2D eigenvalue weighted by Gasteiger charge is 2.14. The zero-order valence-electron chi connectivity index (χ0n) is 17.0. The zero-order chi connectivity index (χ0) is 20.5. The number of aliphatic hydroxyl groups is 1. The number of furan rings is 1. The van der Waals surface area contributed by atoms with Crippen molar-refractivity contribution in [3.8, 4) is 0 Å². The molecule has 2 heterocycles. The van der Waals surface area contributed by atoms with Gasteiger partial charge >= 0.3 is 0 Å². The van der Waals surface area contributed by atoms with Crippen molar-refractivity contribution in [2.45, 2.75) is 32.7 Å². The number of benzene rings is 1. The lowest BCUT2D eigenvalue weighted by molar-refractivity contribution is 0.00532. The molecule has 2 aromatic heterocycles. The minimum atomic E-state index is -0.579. The van der Waals surface area contributed by atoms with Crippen LogP contribution in [0.3, 0.4) is 0 Å². The highest BCUT2D eigenvalue weighted by Crippen LogP contribution is 2.14. The van der Waals surface area contributed by atoms with Gasteiger partial charge in [0.05, 0.1) is 19.0 Å². The van der Waals surface area contributed by atoms with E-state index in [4.69, 9.17) is 9.15 Å². The van der Waals surface area contributed by atoms with Gasteiger partial charge < -0.3 is 18.8 Å². The second-order valence-electron chi connectivity index (χ2n) is 7.28. The largest absolute Gasteiger partial charge is 0.467 e. The van der Waals surface area contributed by atoms with Crippen LogP contribution < -0.4 is 0 Å². The molecule has 0 fully saturated rings. The van der Waals surface area contributed by atoms with Crippen LogP contribution in [0.25, 0.3) is 0 Å². The van der Waals surface area contributed by atoms with Gasteiger partial charge in [-0.3, -0.25) is 4.90 Å². The Hall–Kier alpha value is -2.60. The second kappa shape index (κ2) is 10.8. The molecule has 29 heavy (non-hydrogen) atoms. The van der Waals surface area contributed by atoms with Gasteiger partial charge in [-0.05, 0) is 42.3 Å². The van der Waals surface area contributed by atoms with Crippen LogP contribution >= 0.6 is 0 Å². The van der Waals surface area contributed by atoms with Gasteiger partial charge in [0.25, 0.3) is 0 Å². The number of aryl methyl sites for hydroxylation is 1. The summed E-state index contributed by atoms with van der Waals surface area (Å²) in [7, 11) is 0. The number of aliphatic hydroxyl groups excluding tert-OH is 1. The summed E-state index contributed by atoms with van der Waals surface area (Å²) in [6.45, 7) is 9.42. The molecule has 1 N–H and O–H groups in total. The Morgan fingerprint density at radius 1 is 1.21 bits per heavy atom. The summed E-state index contributed by atoms with van der Waals surface area (Å²) in [6, 6.07) is 16.3. The van der Waals surface area contributed by atoms with Gasteiger partial charge in [-0.15, -0.1) is 6.58 Å². The first kappa shape index (κ1) is 21.1. The Balaban J connectivity index is 1.55. The summed E-state index contributed by atoms with van der Waals surface area (Å²) in [5.41, 5.74) is 3.81. The third-order valence-corrected chi connectivity index (χ3v) is 4.90. The van der Waals surface area contributed by atoms with E-state index in [2.05, 4.69) is 65.6 Å². The van der Waals surface area contributed by atoms with Crippen molar-refractivity contribution in [3.05, 3.63) is 96.2 Å². The number of rotatable bonds is 12. The Kier molecular flexibility index (Phi) is 7.87. The summed E-state index contributed by atoms with van der Waals surface area (Å²) in [6.07, 6.45) is 5.01. The average Bonchev–Trinajstić information content (AvgIpc) is 3.36. The van der Waals surface area contributed by atoms with Crippen LogP contribution in [0.5, 0.6) is 0 Å². The van der Waals surface area contributed by atoms with Crippen molar-refractivity contribution in [2.75, 3.05) is 19.7 Å². The highest BCUT2D eigenvalue weighted by atomic mass is 16.5. The molecule has 0 aliphatic rings. The summed E-state index contributed by atoms with van der Waals surface area (Å²) >= 11 is 0. The first-order valence-corrected chi connectivity index (χ1v) is 9.95. The molecule has 0 bridgehead atoms. The van der Waals surface area contributed by atoms with Gasteiger partial charge in [0, 0.05) is 38.1 Å². The van der Waals surface area contributed by atoms with E-state index in [1.807, 2.05) is 18.2 Å². The van der Waals surface area contributed by atoms with Crippen LogP contribution in [0.1, 0.15) is 22.6 Å². The monoisotopic (exact) mass is 394 g/mol. The van der Waals surface area contributed by atoms with Crippen molar-refractivity contribution in [3.63, 3.8) is 0 Å². The zero-order valence-corrected chi connectivity index (χ0v) is 17.0. The first-order valence-electron chi connectivity index (χ1n) is 9.95. The molecule has 5 heteroatoms. The maximum Gasteiger partial charge on any atom is 0.129 e.